The van der Waals surface area contributed by atoms with Gasteiger partial charge in [-0.3, -0.25) is 9.69 Å². The zero-order valence-electron chi connectivity index (χ0n) is 21.8. The summed E-state index contributed by atoms with van der Waals surface area (Å²) in [4.78, 5) is 16.4. The molecule has 2 aliphatic rings. The summed E-state index contributed by atoms with van der Waals surface area (Å²) in [7, 11) is 0. The van der Waals surface area contributed by atoms with E-state index < -0.39 is 5.92 Å². The summed E-state index contributed by atoms with van der Waals surface area (Å²) in [6, 6.07) is 21.1. The molecule has 0 saturated carbocycles. The van der Waals surface area contributed by atoms with Crippen LogP contribution >= 0.6 is 11.8 Å². The van der Waals surface area contributed by atoms with E-state index in [9.17, 15) is 14.4 Å². The van der Waals surface area contributed by atoms with Crippen molar-refractivity contribution in [2.24, 2.45) is 5.73 Å². The topological polar surface area (TPSA) is 70.1 Å². The van der Waals surface area contributed by atoms with Crippen molar-refractivity contribution in [3.63, 3.8) is 0 Å². The third kappa shape index (κ3) is 4.75. The van der Waals surface area contributed by atoms with Gasteiger partial charge in [-0.25, -0.2) is 4.39 Å². The number of Topliss-reactive ketones (excluding diaryl/α,β-unsaturated/α-hetero) is 1. The minimum Gasteiger partial charge on any atom is -0.384 e. The number of benzene rings is 3. The van der Waals surface area contributed by atoms with Crippen LogP contribution in [0.1, 0.15) is 53.0 Å². The SMILES string of the molecule is Cc1ccc(N2C(N)=C(C#N)C(c3cc(C)cc(CSc4ccc(F)cc4)c3C)C3=C2CCCC3=O)cc1. The molecule has 0 amide bonds. The molecular weight excluding hydrogens is 493 g/mol. The number of nitrogens with two attached hydrogens (primary N) is 1. The Bertz CT molecular complexity index is 1510. The van der Waals surface area contributed by atoms with Crippen LogP contribution in [-0.4, -0.2) is 5.78 Å². The van der Waals surface area contributed by atoms with Gasteiger partial charge in [-0.1, -0.05) is 35.4 Å². The lowest BCUT2D eigenvalue weighted by atomic mass is 9.73. The van der Waals surface area contributed by atoms with Gasteiger partial charge in [-0.2, -0.15) is 5.26 Å². The number of hydrogen-bond donors (Lipinski definition) is 1. The summed E-state index contributed by atoms with van der Waals surface area (Å²) in [6.07, 6.45) is 1.95. The molecule has 3 aromatic carbocycles. The third-order valence-electron chi connectivity index (χ3n) is 7.42. The predicted octanol–water partition coefficient (Wildman–Crippen LogP) is 7.35. The van der Waals surface area contributed by atoms with Gasteiger partial charge in [0.25, 0.3) is 0 Å². The monoisotopic (exact) mass is 523 g/mol. The number of nitriles is 1. The predicted molar refractivity (Wildman–Crippen MR) is 151 cm³/mol. The number of rotatable bonds is 5. The Hall–Kier alpha value is -3.82. The zero-order chi connectivity index (χ0) is 27.0. The number of carbonyl (C=O) groups excluding carboxylic acids is 1. The Morgan fingerprint density at radius 1 is 1.03 bits per heavy atom. The molecule has 2 N–H and O–H groups in total. The van der Waals surface area contributed by atoms with E-state index in [2.05, 4.69) is 25.1 Å². The molecule has 192 valence electrons. The number of hydrogen-bond acceptors (Lipinski definition) is 5. The molecule has 1 aliphatic carbocycles. The lowest BCUT2D eigenvalue weighted by Gasteiger charge is -2.40. The van der Waals surface area contributed by atoms with Gasteiger partial charge in [0.2, 0.25) is 0 Å². The third-order valence-corrected chi connectivity index (χ3v) is 8.49. The summed E-state index contributed by atoms with van der Waals surface area (Å²) < 4.78 is 13.4. The average Bonchev–Trinajstić information content (AvgIpc) is 2.90. The Balaban J connectivity index is 1.62. The second-order valence-electron chi connectivity index (χ2n) is 10.0. The summed E-state index contributed by atoms with van der Waals surface area (Å²) in [5.41, 5.74) is 14.9. The molecule has 1 unspecified atom stereocenters. The van der Waals surface area contributed by atoms with E-state index in [1.165, 1.54) is 12.1 Å². The highest BCUT2D eigenvalue weighted by atomic mass is 32.2. The Kier molecular flexibility index (Phi) is 7.14. The molecule has 3 aromatic rings. The molecule has 4 nitrogen and oxygen atoms in total. The number of carbonyl (C=O) groups is 1. The van der Waals surface area contributed by atoms with Crippen molar-refractivity contribution >= 4 is 23.2 Å². The highest BCUT2D eigenvalue weighted by Crippen LogP contribution is 2.47. The van der Waals surface area contributed by atoms with Crippen LogP contribution in [0.15, 0.2) is 88.2 Å². The first kappa shape index (κ1) is 25.8. The lowest BCUT2D eigenvalue weighted by molar-refractivity contribution is -0.116. The molecular formula is C32H30FN3OS. The zero-order valence-corrected chi connectivity index (χ0v) is 22.7. The van der Waals surface area contributed by atoms with Crippen molar-refractivity contribution in [1.82, 2.24) is 0 Å². The molecule has 38 heavy (non-hydrogen) atoms. The van der Waals surface area contributed by atoms with Crippen LogP contribution in [0, 0.1) is 37.9 Å². The molecule has 0 saturated heterocycles. The number of thioether (sulfide) groups is 1. The van der Waals surface area contributed by atoms with Crippen LogP contribution in [0.25, 0.3) is 0 Å². The minimum absolute atomic E-state index is 0.0803. The summed E-state index contributed by atoms with van der Waals surface area (Å²) in [5, 5.41) is 10.4. The number of ketones is 1. The summed E-state index contributed by atoms with van der Waals surface area (Å²) in [5.74, 6) is 0.401. The van der Waals surface area contributed by atoms with E-state index in [1.807, 2.05) is 43.0 Å². The number of aryl methyl sites for hydroxylation is 2. The molecule has 1 aliphatic heterocycles. The molecule has 0 aromatic heterocycles. The minimum atomic E-state index is -0.501. The first-order chi connectivity index (χ1) is 18.3. The highest BCUT2D eigenvalue weighted by Gasteiger charge is 2.41. The van der Waals surface area contributed by atoms with Crippen LogP contribution in [0.2, 0.25) is 0 Å². The number of allylic oxidation sites excluding steroid dienone is 3. The first-order valence-corrected chi connectivity index (χ1v) is 13.8. The van der Waals surface area contributed by atoms with Gasteiger partial charge in [0.15, 0.2) is 5.78 Å². The Morgan fingerprint density at radius 2 is 1.74 bits per heavy atom. The standard InChI is InChI=1S/C32H30FN3OS/c1-19-7-11-24(12-8-19)36-28-5-4-6-29(37)31(28)30(27(17-34)32(36)35)26-16-20(2)15-22(21(26)3)18-38-25-13-9-23(33)10-14-25/h7-16,30H,4-6,18,35H2,1-3H3. The fourth-order valence-electron chi connectivity index (χ4n) is 5.49. The largest absolute Gasteiger partial charge is 0.384 e. The van der Waals surface area contributed by atoms with Crippen LogP contribution in [0.4, 0.5) is 10.1 Å². The maximum absolute atomic E-state index is 13.5. The van der Waals surface area contributed by atoms with Crippen LogP contribution < -0.4 is 10.6 Å². The molecule has 1 atom stereocenters. The smallest absolute Gasteiger partial charge is 0.161 e. The van der Waals surface area contributed by atoms with Crippen LogP contribution in [0.3, 0.4) is 0 Å². The van der Waals surface area contributed by atoms with E-state index in [1.54, 1.807) is 23.9 Å². The quantitative estimate of drug-likeness (QED) is 0.354. The van der Waals surface area contributed by atoms with Crippen LogP contribution in [-0.2, 0) is 10.5 Å². The molecule has 5 rings (SSSR count). The highest BCUT2D eigenvalue weighted by molar-refractivity contribution is 7.98. The molecule has 6 heteroatoms. The fraction of sp³-hybridized carbons (Fsp3) is 0.250. The normalized spacial score (nSPS) is 17.5. The van der Waals surface area contributed by atoms with Gasteiger partial charge in [-0.05, 0) is 86.7 Å². The molecule has 0 bridgehead atoms. The van der Waals surface area contributed by atoms with E-state index >= 15 is 0 Å². The van der Waals surface area contributed by atoms with Crippen molar-refractivity contribution in [1.29, 1.82) is 5.26 Å². The van der Waals surface area contributed by atoms with Crippen molar-refractivity contribution in [3.05, 3.63) is 117 Å². The summed E-state index contributed by atoms with van der Waals surface area (Å²) >= 11 is 1.63. The number of anilines is 1. The van der Waals surface area contributed by atoms with Crippen molar-refractivity contribution in [3.8, 4) is 6.07 Å². The molecule has 0 fully saturated rings. The van der Waals surface area contributed by atoms with E-state index in [4.69, 9.17) is 5.73 Å². The molecule has 0 spiro atoms. The van der Waals surface area contributed by atoms with Gasteiger partial charge in [0.1, 0.15) is 11.6 Å². The van der Waals surface area contributed by atoms with Gasteiger partial charge in [0.05, 0.1) is 17.6 Å². The van der Waals surface area contributed by atoms with Crippen LogP contribution in [0.5, 0.6) is 0 Å². The molecule has 1 heterocycles. The second-order valence-corrected chi connectivity index (χ2v) is 11.1. The van der Waals surface area contributed by atoms with Gasteiger partial charge >= 0.3 is 0 Å². The van der Waals surface area contributed by atoms with Gasteiger partial charge < -0.3 is 5.73 Å². The Morgan fingerprint density at radius 3 is 2.42 bits per heavy atom. The molecule has 0 radical (unpaired) electrons. The maximum Gasteiger partial charge on any atom is 0.161 e. The fourth-order valence-corrected chi connectivity index (χ4v) is 6.44. The average molecular weight is 524 g/mol. The number of nitrogens with zero attached hydrogens (tertiary/aromatic N) is 2. The van der Waals surface area contributed by atoms with E-state index in [0.29, 0.717) is 29.1 Å². The first-order valence-electron chi connectivity index (χ1n) is 12.8. The second kappa shape index (κ2) is 10.5. The van der Waals surface area contributed by atoms with Gasteiger partial charge in [-0.15, -0.1) is 11.8 Å². The number of halogens is 1. The Labute approximate surface area is 227 Å². The van der Waals surface area contributed by atoms with Crippen molar-refractivity contribution in [2.45, 2.75) is 56.6 Å². The summed E-state index contributed by atoms with van der Waals surface area (Å²) in [6.45, 7) is 6.12. The van der Waals surface area contributed by atoms with E-state index in [0.717, 1.165) is 56.9 Å². The van der Waals surface area contributed by atoms with Crippen molar-refractivity contribution < 1.29 is 9.18 Å². The van der Waals surface area contributed by atoms with Crippen molar-refractivity contribution in [2.75, 3.05) is 4.90 Å². The van der Waals surface area contributed by atoms with E-state index in [-0.39, 0.29) is 11.6 Å². The van der Waals surface area contributed by atoms with Gasteiger partial charge in [0, 0.05) is 34.0 Å². The lowest BCUT2D eigenvalue weighted by Crippen LogP contribution is -2.39. The maximum atomic E-state index is 13.5.